The number of carbonyl (C=O) groups excluding carboxylic acids is 1. The molecule has 11 heteroatoms. The number of pyridine rings is 1. The Morgan fingerprint density at radius 1 is 1.06 bits per heavy atom. The first-order chi connectivity index (χ1) is 14.8. The lowest BCUT2D eigenvalue weighted by Crippen LogP contribution is -2.24. The van der Waals surface area contributed by atoms with Crippen molar-refractivity contribution in [1.29, 1.82) is 0 Å². The summed E-state index contributed by atoms with van der Waals surface area (Å²) in [7, 11) is -4.02. The first-order valence-electron chi connectivity index (χ1n) is 8.98. The third kappa shape index (κ3) is 4.49. The predicted molar refractivity (Wildman–Crippen MR) is 113 cm³/mol. The molecule has 4 rings (SSSR count). The zero-order valence-electron chi connectivity index (χ0n) is 15.8. The van der Waals surface area contributed by atoms with E-state index in [1.807, 2.05) is 12.1 Å². The van der Waals surface area contributed by atoms with Crippen molar-refractivity contribution in [3.05, 3.63) is 89.1 Å². The summed E-state index contributed by atoms with van der Waals surface area (Å²) < 4.78 is 42.2. The first-order valence-corrected chi connectivity index (χ1v) is 10.8. The lowest BCUT2D eigenvalue weighted by molar-refractivity contribution is 0.0950. The van der Waals surface area contributed by atoms with Crippen molar-refractivity contribution in [2.24, 2.45) is 0 Å². The highest BCUT2D eigenvalue weighted by molar-refractivity contribution is 7.92. The van der Waals surface area contributed by atoms with Crippen LogP contribution in [0.3, 0.4) is 0 Å². The summed E-state index contributed by atoms with van der Waals surface area (Å²) in [5.74, 6) is -0.474. The molecule has 0 bridgehead atoms. The van der Waals surface area contributed by atoms with Crippen LogP contribution in [0.4, 0.5) is 10.1 Å². The zero-order valence-corrected chi connectivity index (χ0v) is 17.4. The van der Waals surface area contributed by atoms with Gasteiger partial charge in [0.2, 0.25) is 0 Å². The van der Waals surface area contributed by atoms with Crippen LogP contribution in [0.1, 0.15) is 16.2 Å². The molecule has 0 saturated carbocycles. The highest BCUT2D eigenvalue weighted by Crippen LogP contribution is 2.26. The molecule has 0 spiro atoms. The van der Waals surface area contributed by atoms with Gasteiger partial charge in [0.05, 0.1) is 22.2 Å². The molecular weight excluding hydrogens is 445 g/mol. The summed E-state index contributed by atoms with van der Waals surface area (Å²) in [6, 6.07) is 14.0. The maximum Gasteiger partial charge on any atom is 0.261 e. The molecule has 0 radical (unpaired) electrons. The molecule has 0 atom stereocenters. The molecule has 31 heavy (non-hydrogen) atoms. The lowest BCUT2D eigenvalue weighted by Gasteiger charge is -2.11. The average molecular weight is 460 g/mol. The molecule has 158 valence electrons. The van der Waals surface area contributed by atoms with Gasteiger partial charge >= 0.3 is 0 Å². The number of amides is 1. The zero-order chi connectivity index (χ0) is 22.0. The summed E-state index contributed by atoms with van der Waals surface area (Å²) in [6.45, 7) is 0.114. The van der Waals surface area contributed by atoms with E-state index in [-0.39, 0.29) is 27.7 Å². The minimum atomic E-state index is -4.02. The highest BCUT2D eigenvalue weighted by Gasteiger charge is 2.18. The van der Waals surface area contributed by atoms with Gasteiger partial charge in [-0.1, -0.05) is 17.7 Å². The number of hydrogen-bond donors (Lipinski definition) is 2. The number of hydrogen-bond acceptors (Lipinski definition) is 5. The Kier molecular flexibility index (Phi) is 5.57. The molecule has 0 saturated heterocycles. The Labute approximate surface area is 181 Å². The largest absolute Gasteiger partial charge is 0.345 e. The van der Waals surface area contributed by atoms with Gasteiger partial charge in [-0.05, 0) is 54.6 Å². The third-order valence-electron chi connectivity index (χ3n) is 4.39. The molecular formula is C20H15ClFN5O3S. The second-order valence-electron chi connectivity index (χ2n) is 6.48. The van der Waals surface area contributed by atoms with Gasteiger partial charge in [0.15, 0.2) is 11.5 Å². The van der Waals surface area contributed by atoms with E-state index in [4.69, 9.17) is 11.6 Å². The predicted octanol–water partition coefficient (Wildman–Crippen LogP) is 3.25. The number of aromatic nitrogens is 3. The van der Waals surface area contributed by atoms with Gasteiger partial charge in [0, 0.05) is 11.8 Å². The second-order valence-corrected chi connectivity index (χ2v) is 8.57. The highest BCUT2D eigenvalue weighted by atomic mass is 35.5. The molecule has 2 N–H and O–H groups in total. The molecule has 0 unspecified atom stereocenters. The Balaban J connectivity index is 1.51. The van der Waals surface area contributed by atoms with E-state index in [0.717, 1.165) is 24.3 Å². The van der Waals surface area contributed by atoms with E-state index in [2.05, 4.69) is 20.2 Å². The Morgan fingerprint density at radius 2 is 1.84 bits per heavy atom. The van der Waals surface area contributed by atoms with Gasteiger partial charge in [0.1, 0.15) is 5.82 Å². The normalized spacial score (nSPS) is 11.4. The maximum absolute atomic E-state index is 13.1. The third-order valence-corrected chi connectivity index (χ3v) is 6.10. The second kappa shape index (κ2) is 8.32. The molecule has 1 amide bonds. The minimum absolute atomic E-state index is 0.0200. The number of nitrogens with zero attached hydrogens (tertiary/aromatic N) is 3. The summed E-state index contributed by atoms with van der Waals surface area (Å²) in [6.07, 6.45) is 1.78. The van der Waals surface area contributed by atoms with Crippen LogP contribution in [0, 0.1) is 5.82 Å². The quantitative estimate of drug-likeness (QED) is 0.460. The van der Waals surface area contributed by atoms with Gasteiger partial charge in [-0.25, -0.2) is 12.8 Å². The first kappa shape index (κ1) is 20.8. The molecule has 0 fully saturated rings. The molecule has 2 aromatic carbocycles. The van der Waals surface area contributed by atoms with Crippen LogP contribution in [-0.2, 0) is 16.6 Å². The van der Waals surface area contributed by atoms with Crippen molar-refractivity contribution in [1.82, 2.24) is 19.9 Å². The van der Waals surface area contributed by atoms with Crippen LogP contribution < -0.4 is 10.0 Å². The maximum atomic E-state index is 13.1. The standard InChI is InChI=1S/C20H15ClFN5O3S/c21-16-9-4-13(11-17(16)26-31(29,30)15-7-5-14(22)6-8-15)20(28)23-12-19-25-24-18-3-1-2-10-27(18)19/h1-11,26H,12H2,(H,23,28). The molecule has 0 aliphatic heterocycles. The molecule has 0 aliphatic rings. The molecule has 0 aliphatic carbocycles. The monoisotopic (exact) mass is 459 g/mol. The molecule has 8 nitrogen and oxygen atoms in total. The topological polar surface area (TPSA) is 105 Å². The molecule has 2 aromatic heterocycles. The van der Waals surface area contributed by atoms with Crippen LogP contribution in [0.25, 0.3) is 5.65 Å². The Bertz CT molecular complexity index is 1370. The summed E-state index contributed by atoms with van der Waals surface area (Å²) in [4.78, 5) is 12.4. The van der Waals surface area contributed by atoms with Gasteiger partial charge < -0.3 is 5.32 Å². The van der Waals surface area contributed by atoms with E-state index < -0.39 is 21.7 Å². The van der Waals surface area contributed by atoms with Crippen molar-refractivity contribution < 1.29 is 17.6 Å². The fraction of sp³-hybridized carbons (Fsp3) is 0.0500. The number of rotatable bonds is 6. The minimum Gasteiger partial charge on any atom is -0.345 e. The average Bonchev–Trinajstić information content (AvgIpc) is 3.17. The van der Waals surface area contributed by atoms with Crippen LogP contribution in [0.2, 0.25) is 5.02 Å². The van der Waals surface area contributed by atoms with Crippen LogP contribution in [0.5, 0.6) is 0 Å². The summed E-state index contributed by atoms with van der Waals surface area (Å²) in [5.41, 5.74) is 0.859. The lowest BCUT2D eigenvalue weighted by atomic mass is 10.2. The van der Waals surface area contributed by atoms with Crippen molar-refractivity contribution >= 4 is 38.9 Å². The van der Waals surface area contributed by atoms with Crippen molar-refractivity contribution in [2.75, 3.05) is 4.72 Å². The van der Waals surface area contributed by atoms with Crippen LogP contribution in [0.15, 0.2) is 71.8 Å². The van der Waals surface area contributed by atoms with Crippen LogP contribution >= 0.6 is 11.6 Å². The Morgan fingerprint density at radius 3 is 2.61 bits per heavy atom. The molecule has 2 heterocycles. The van der Waals surface area contributed by atoms with Crippen molar-refractivity contribution in [3.8, 4) is 0 Å². The number of carbonyl (C=O) groups is 1. The fourth-order valence-electron chi connectivity index (χ4n) is 2.84. The van der Waals surface area contributed by atoms with Crippen molar-refractivity contribution in [3.63, 3.8) is 0 Å². The Hall–Kier alpha value is -3.50. The van der Waals surface area contributed by atoms with Gasteiger partial charge in [-0.3, -0.25) is 13.9 Å². The van der Waals surface area contributed by atoms with E-state index in [0.29, 0.717) is 11.5 Å². The SMILES string of the molecule is O=C(NCc1nnc2ccccn12)c1ccc(Cl)c(NS(=O)(=O)c2ccc(F)cc2)c1. The van der Waals surface area contributed by atoms with E-state index in [9.17, 15) is 17.6 Å². The van der Waals surface area contributed by atoms with Crippen LogP contribution in [-0.4, -0.2) is 28.9 Å². The van der Waals surface area contributed by atoms with Crippen molar-refractivity contribution in [2.45, 2.75) is 11.4 Å². The number of halogens is 2. The summed E-state index contributed by atoms with van der Waals surface area (Å²) >= 11 is 6.10. The van der Waals surface area contributed by atoms with Gasteiger partial charge in [-0.15, -0.1) is 10.2 Å². The number of benzene rings is 2. The smallest absolute Gasteiger partial charge is 0.261 e. The number of sulfonamides is 1. The van der Waals surface area contributed by atoms with E-state index in [1.54, 1.807) is 16.7 Å². The fourth-order valence-corrected chi connectivity index (χ4v) is 4.13. The van der Waals surface area contributed by atoms with E-state index in [1.165, 1.54) is 18.2 Å². The van der Waals surface area contributed by atoms with Gasteiger partial charge in [-0.2, -0.15) is 0 Å². The van der Waals surface area contributed by atoms with E-state index >= 15 is 0 Å². The summed E-state index contributed by atoms with van der Waals surface area (Å²) in [5, 5.41) is 10.9. The van der Waals surface area contributed by atoms with Gasteiger partial charge in [0.25, 0.3) is 15.9 Å². The number of nitrogens with one attached hydrogen (secondary N) is 2. The number of anilines is 1. The molecule has 4 aromatic rings. The number of fused-ring (bicyclic) bond motifs is 1.